The van der Waals surface area contributed by atoms with E-state index in [1.165, 1.54) is 6.07 Å². The summed E-state index contributed by atoms with van der Waals surface area (Å²) in [7, 11) is 0. The van der Waals surface area contributed by atoms with Crippen LogP contribution < -0.4 is 5.32 Å². The third kappa shape index (κ3) is 2.11. The molecular weight excluding hydrogens is 255 g/mol. The molecule has 2 aliphatic carbocycles. The van der Waals surface area contributed by atoms with Gasteiger partial charge in [0.2, 0.25) is 5.91 Å². The predicted octanol–water partition coefficient (Wildman–Crippen LogP) is 3.29. The van der Waals surface area contributed by atoms with Gasteiger partial charge in [0, 0.05) is 0 Å². The molecule has 19 heavy (non-hydrogen) atoms. The lowest BCUT2D eigenvalue weighted by Crippen LogP contribution is -2.30. The number of benzene rings is 1. The maximum Gasteiger partial charge on any atom is 0.416 e. The van der Waals surface area contributed by atoms with E-state index in [2.05, 4.69) is 5.32 Å². The van der Waals surface area contributed by atoms with Crippen LogP contribution in [0.3, 0.4) is 0 Å². The summed E-state index contributed by atoms with van der Waals surface area (Å²) in [6.45, 7) is 1.71. The minimum Gasteiger partial charge on any atom is -0.349 e. The van der Waals surface area contributed by atoms with Crippen molar-refractivity contribution in [3.8, 4) is 0 Å². The number of hydrogen-bond donors (Lipinski definition) is 1. The van der Waals surface area contributed by atoms with E-state index in [1.807, 2.05) is 0 Å². The lowest BCUT2D eigenvalue weighted by molar-refractivity contribution is -0.137. The van der Waals surface area contributed by atoms with Gasteiger partial charge in [-0.2, -0.15) is 13.2 Å². The Kier molecular flexibility index (Phi) is 2.46. The van der Waals surface area contributed by atoms with Crippen LogP contribution in [0.2, 0.25) is 0 Å². The van der Waals surface area contributed by atoms with E-state index in [0.717, 1.165) is 25.0 Å². The molecule has 1 unspecified atom stereocenters. The molecule has 1 amide bonds. The summed E-state index contributed by atoms with van der Waals surface area (Å²) in [6.07, 6.45) is -2.47. The number of amides is 1. The molecule has 2 fully saturated rings. The minimum absolute atomic E-state index is 0.0117. The van der Waals surface area contributed by atoms with Crippen LogP contribution in [0.15, 0.2) is 24.3 Å². The van der Waals surface area contributed by atoms with Gasteiger partial charge >= 0.3 is 6.18 Å². The monoisotopic (exact) mass is 269 g/mol. The van der Waals surface area contributed by atoms with Gasteiger partial charge in [-0.25, -0.2) is 0 Å². The van der Waals surface area contributed by atoms with E-state index in [-0.39, 0.29) is 11.3 Å². The number of hydrogen-bond acceptors (Lipinski definition) is 1. The molecule has 102 valence electrons. The first-order valence-corrected chi connectivity index (χ1v) is 6.31. The van der Waals surface area contributed by atoms with E-state index in [1.54, 1.807) is 13.0 Å². The summed E-state index contributed by atoms with van der Waals surface area (Å²) >= 11 is 0. The molecule has 1 N–H and O–H groups in total. The van der Waals surface area contributed by atoms with Crippen molar-refractivity contribution in [2.75, 3.05) is 0 Å². The van der Waals surface area contributed by atoms with E-state index >= 15 is 0 Å². The van der Waals surface area contributed by atoms with E-state index < -0.39 is 17.8 Å². The van der Waals surface area contributed by atoms with Crippen molar-refractivity contribution < 1.29 is 18.0 Å². The van der Waals surface area contributed by atoms with Crippen LogP contribution in [0.1, 0.15) is 36.9 Å². The van der Waals surface area contributed by atoms with Gasteiger partial charge < -0.3 is 5.32 Å². The summed E-state index contributed by atoms with van der Waals surface area (Å²) in [4.78, 5) is 11.9. The zero-order valence-corrected chi connectivity index (χ0v) is 10.4. The smallest absolute Gasteiger partial charge is 0.349 e. The number of halogens is 3. The van der Waals surface area contributed by atoms with Crippen LogP contribution in [0.25, 0.3) is 0 Å². The van der Waals surface area contributed by atoms with Crippen LogP contribution >= 0.6 is 0 Å². The Labute approximate surface area is 109 Å². The first-order valence-electron chi connectivity index (χ1n) is 6.31. The second-order valence-corrected chi connectivity index (χ2v) is 5.58. The molecule has 5 heteroatoms. The van der Waals surface area contributed by atoms with Crippen LogP contribution in [-0.2, 0) is 11.0 Å². The first-order chi connectivity index (χ1) is 8.83. The summed E-state index contributed by atoms with van der Waals surface area (Å²) in [5.74, 6) is 0.517. The van der Waals surface area contributed by atoms with Gasteiger partial charge in [0.25, 0.3) is 0 Å². The summed E-state index contributed by atoms with van der Waals surface area (Å²) in [5.41, 5.74) is -0.354. The van der Waals surface area contributed by atoms with Crippen molar-refractivity contribution in [2.45, 2.75) is 32.0 Å². The summed E-state index contributed by atoms with van der Waals surface area (Å²) in [6, 6.07) is 4.71. The third-order valence-electron chi connectivity index (χ3n) is 4.20. The lowest BCUT2D eigenvalue weighted by atomic mass is 10.0. The highest BCUT2D eigenvalue weighted by atomic mass is 19.4. The molecule has 0 radical (unpaired) electrons. The molecule has 2 nitrogen and oxygen atoms in total. The van der Waals surface area contributed by atoms with Gasteiger partial charge in [-0.05, 0) is 43.4 Å². The normalized spacial score (nSPS) is 29.4. The van der Waals surface area contributed by atoms with E-state index in [0.29, 0.717) is 11.5 Å². The third-order valence-corrected chi connectivity index (χ3v) is 4.20. The van der Waals surface area contributed by atoms with Crippen molar-refractivity contribution in [1.82, 2.24) is 5.32 Å². The Morgan fingerprint density at radius 3 is 2.58 bits per heavy atom. The molecule has 2 saturated carbocycles. The number of rotatable bonds is 3. The highest BCUT2D eigenvalue weighted by Crippen LogP contribution is 2.75. The zero-order valence-electron chi connectivity index (χ0n) is 10.4. The second-order valence-electron chi connectivity index (χ2n) is 5.58. The molecule has 0 heterocycles. The Hall–Kier alpha value is -1.52. The first kappa shape index (κ1) is 12.5. The molecule has 0 spiro atoms. The average molecular weight is 269 g/mol. The average Bonchev–Trinajstić information content (AvgIpc) is 3.16. The van der Waals surface area contributed by atoms with Crippen molar-refractivity contribution >= 4 is 5.91 Å². The molecule has 1 atom stereocenters. The molecule has 0 aromatic heterocycles. The van der Waals surface area contributed by atoms with Gasteiger partial charge in [0.05, 0.1) is 17.0 Å². The number of fused-ring (bicyclic) bond motifs is 1. The van der Waals surface area contributed by atoms with Gasteiger partial charge in [0.1, 0.15) is 0 Å². The van der Waals surface area contributed by atoms with Crippen molar-refractivity contribution in [3.05, 3.63) is 35.4 Å². The minimum atomic E-state index is -4.35. The van der Waals surface area contributed by atoms with Crippen LogP contribution in [0.4, 0.5) is 13.2 Å². The fraction of sp³-hybridized carbons (Fsp3) is 0.500. The number of alkyl halides is 3. The lowest BCUT2D eigenvalue weighted by Gasteiger charge is -2.17. The molecule has 0 bridgehead atoms. The SMILES string of the molecule is CC(NC(=O)C12CC1C2)c1cccc(C(F)(F)F)c1. The fourth-order valence-electron chi connectivity index (χ4n) is 2.48. The topological polar surface area (TPSA) is 29.1 Å². The van der Waals surface area contributed by atoms with Gasteiger partial charge in [-0.15, -0.1) is 0 Å². The quantitative estimate of drug-likeness (QED) is 0.896. The van der Waals surface area contributed by atoms with E-state index in [9.17, 15) is 18.0 Å². The zero-order chi connectivity index (χ0) is 13.8. The van der Waals surface area contributed by atoms with Crippen molar-refractivity contribution in [1.29, 1.82) is 0 Å². The van der Waals surface area contributed by atoms with Crippen LogP contribution in [0, 0.1) is 11.3 Å². The van der Waals surface area contributed by atoms with E-state index in [4.69, 9.17) is 0 Å². The largest absolute Gasteiger partial charge is 0.416 e. The Morgan fingerprint density at radius 2 is 2.05 bits per heavy atom. The number of carbonyl (C=O) groups is 1. The Balaban J connectivity index is 1.72. The summed E-state index contributed by atoms with van der Waals surface area (Å²) < 4.78 is 37.8. The number of carbonyl (C=O) groups excluding carboxylic acids is 1. The molecule has 1 aromatic carbocycles. The summed E-state index contributed by atoms with van der Waals surface area (Å²) in [5, 5.41) is 2.81. The molecule has 2 aliphatic rings. The fourth-order valence-corrected chi connectivity index (χ4v) is 2.48. The predicted molar refractivity (Wildman–Crippen MR) is 63.2 cm³/mol. The van der Waals surface area contributed by atoms with Crippen LogP contribution in [0.5, 0.6) is 0 Å². The van der Waals surface area contributed by atoms with Gasteiger partial charge in [-0.1, -0.05) is 12.1 Å². The van der Waals surface area contributed by atoms with Gasteiger partial charge in [0.15, 0.2) is 0 Å². The molecule has 0 aliphatic heterocycles. The van der Waals surface area contributed by atoms with Crippen LogP contribution in [-0.4, -0.2) is 5.91 Å². The molecule has 1 aromatic rings. The second kappa shape index (κ2) is 3.74. The maximum atomic E-state index is 12.6. The highest BCUT2D eigenvalue weighted by Gasteiger charge is 2.74. The van der Waals surface area contributed by atoms with Crippen molar-refractivity contribution in [2.24, 2.45) is 11.3 Å². The maximum absolute atomic E-state index is 12.6. The molecule has 0 saturated heterocycles. The molecule has 3 rings (SSSR count). The molecular formula is C14H14F3NO. The van der Waals surface area contributed by atoms with Crippen molar-refractivity contribution in [3.63, 3.8) is 0 Å². The number of nitrogens with one attached hydrogen (secondary N) is 1. The Morgan fingerprint density at radius 1 is 1.42 bits per heavy atom. The standard InChI is InChI=1S/C14H14F3NO/c1-8(18-12(19)13-6-11(13)7-13)9-3-2-4-10(5-9)14(15,16)17/h2-5,8,11H,6-7H2,1H3,(H,18,19). The Bertz CT molecular complexity index is 532. The highest BCUT2D eigenvalue weighted by molar-refractivity contribution is 5.90. The van der Waals surface area contributed by atoms with Gasteiger partial charge in [-0.3, -0.25) is 4.79 Å².